The molecule has 0 spiro atoms. The van der Waals surface area contributed by atoms with Gasteiger partial charge in [-0.2, -0.15) is 0 Å². The fourth-order valence-corrected chi connectivity index (χ4v) is 3.55. The van der Waals surface area contributed by atoms with Crippen LogP contribution in [0, 0.1) is 5.92 Å². The van der Waals surface area contributed by atoms with Gasteiger partial charge in [-0.1, -0.05) is 38.1 Å². The average Bonchev–Trinajstić information content (AvgIpc) is 3.29. The van der Waals surface area contributed by atoms with Gasteiger partial charge in [0.1, 0.15) is 6.04 Å². The molecule has 2 aromatic heterocycles. The fourth-order valence-electron chi connectivity index (χ4n) is 2.92. The van der Waals surface area contributed by atoms with Gasteiger partial charge in [-0.15, -0.1) is 11.3 Å². The summed E-state index contributed by atoms with van der Waals surface area (Å²) >= 11 is 1.37. The highest BCUT2D eigenvalue weighted by Crippen LogP contribution is 2.17. The first-order valence-corrected chi connectivity index (χ1v) is 9.61. The van der Waals surface area contributed by atoms with Crippen molar-refractivity contribution in [2.24, 2.45) is 5.92 Å². The molecule has 2 heterocycles. The molecule has 2 amide bonds. The van der Waals surface area contributed by atoms with Crippen LogP contribution in [-0.4, -0.2) is 29.4 Å². The van der Waals surface area contributed by atoms with E-state index in [-0.39, 0.29) is 17.7 Å². The predicted octanol–water partition coefficient (Wildman–Crippen LogP) is 3.34. The van der Waals surface area contributed by atoms with E-state index in [0.29, 0.717) is 11.4 Å². The third-order valence-electron chi connectivity index (χ3n) is 4.35. The van der Waals surface area contributed by atoms with E-state index in [1.54, 1.807) is 6.07 Å². The first-order valence-electron chi connectivity index (χ1n) is 8.73. The largest absolute Gasteiger partial charge is 0.361 e. The van der Waals surface area contributed by atoms with Crippen molar-refractivity contribution in [2.45, 2.75) is 26.3 Å². The highest BCUT2D eigenvalue weighted by molar-refractivity contribution is 7.12. The van der Waals surface area contributed by atoms with E-state index in [4.69, 9.17) is 0 Å². The van der Waals surface area contributed by atoms with Crippen LogP contribution in [0.4, 0.5) is 0 Å². The third kappa shape index (κ3) is 4.14. The number of amides is 2. The average molecular weight is 369 g/mol. The number of nitrogens with one attached hydrogen (secondary N) is 3. The number of H-pyrrole nitrogens is 1. The van der Waals surface area contributed by atoms with Crippen molar-refractivity contribution >= 4 is 34.1 Å². The number of fused-ring (bicyclic) bond motifs is 1. The van der Waals surface area contributed by atoms with Crippen LogP contribution >= 0.6 is 11.3 Å². The molecule has 136 valence electrons. The molecule has 3 N–H and O–H groups in total. The molecule has 3 rings (SSSR count). The molecule has 26 heavy (non-hydrogen) atoms. The lowest BCUT2D eigenvalue weighted by Gasteiger charge is -2.21. The van der Waals surface area contributed by atoms with Gasteiger partial charge in [0.15, 0.2) is 0 Å². The maximum atomic E-state index is 12.6. The standard InChI is InChI=1S/C20H23N3O2S/c1-13(2)18(23-19(24)17-8-5-11-26-17)20(25)21-10-9-14-12-22-16-7-4-3-6-15(14)16/h3-8,11-13,18,22H,9-10H2,1-2H3,(H,21,25)(H,23,24)/t18-/m0/s1. The zero-order valence-corrected chi connectivity index (χ0v) is 15.7. The number of thiophene rings is 1. The van der Waals surface area contributed by atoms with E-state index in [0.717, 1.165) is 11.9 Å². The highest BCUT2D eigenvalue weighted by Gasteiger charge is 2.24. The fraction of sp³-hybridized carbons (Fsp3) is 0.300. The van der Waals surface area contributed by atoms with Crippen LogP contribution in [0.3, 0.4) is 0 Å². The minimum absolute atomic E-state index is 0.00648. The van der Waals surface area contributed by atoms with Crippen LogP contribution in [-0.2, 0) is 11.2 Å². The van der Waals surface area contributed by atoms with Crippen molar-refractivity contribution in [1.82, 2.24) is 15.6 Å². The molecule has 5 nitrogen and oxygen atoms in total. The van der Waals surface area contributed by atoms with E-state index < -0.39 is 6.04 Å². The van der Waals surface area contributed by atoms with Gasteiger partial charge in [-0.25, -0.2) is 0 Å². The highest BCUT2D eigenvalue weighted by atomic mass is 32.1. The second-order valence-electron chi connectivity index (χ2n) is 6.57. The smallest absolute Gasteiger partial charge is 0.262 e. The number of para-hydroxylation sites is 1. The summed E-state index contributed by atoms with van der Waals surface area (Å²) in [6.07, 6.45) is 2.72. The first-order chi connectivity index (χ1) is 12.6. The lowest BCUT2D eigenvalue weighted by molar-refractivity contribution is -0.123. The Balaban J connectivity index is 1.57. The van der Waals surface area contributed by atoms with Crippen molar-refractivity contribution in [2.75, 3.05) is 6.54 Å². The van der Waals surface area contributed by atoms with Gasteiger partial charge in [0.05, 0.1) is 4.88 Å². The Morgan fingerprint density at radius 1 is 1.15 bits per heavy atom. The second-order valence-corrected chi connectivity index (χ2v) is 7.52. The molecular formula is C20H23N3O2S. The van der Waals surface area contributed by atoms with Gasteiger partial charge >= 0.3 is 0 Å². The minimum Gasteiger partial charge on any atom is -0.361 e. The summed E-state index contributed by atoms with van der Waals surface area (Å²) in [5.74, 6) is -0.345. The van der Waals surface area contributed by atoms with Crippen LogP contribution < -0.4 is 10.6 Å². The van der Waals surface area contributed by atoms with Crippen molar-refractivity contribution < 1.29 is 9.59 Å². The zero-order valence-electron chi connectivity index (χ0n) is 14.9. The molecule has 0 aliphatic heterocycles. The quantitative estimate of drug-likeness (QED) is 0.597. The number of hydrogen-bond acceptors (Lipinski definition) is 3. The lowest BCUT2D eigenvalue weighted by Crippen LogP contribution is -2.49. The number of aromatic amines is 1. The third-order valence-corrected chi connectivity index (χ3v) is 5.22. The van der Waals surface area contributed by atoms with Gasteiger partial charge in [0.2, 0.25) is 5.91 Å². The number of aromatic nitrogens is 1. The van der Waals surface area contributed by atoms with Crippen LogP contribution in [0.1, 0.15) is 29.1 Å². The van der Waals surface area contributed by atoms with Crippen molar-refractivity contribution in [3.8, 4) is 0 Å². The molecule has 0 saturated carbocycles. The van der Waals surface area contributed by atoms with Gasteiger partial charge in [-0.05, 0) is 35.4 Å². The minimum atomic E-state index is -0.549. The summed E-state index contributed by atoms with van der Waals surface area (Å²) < 4.78 is 0. The molecular weight excluding hydrogens is 346 g/mol. The van der Waals surface area contributed by atoms with Crippen molar-refractivity contribution in [3.63, 3.8) is 0 Å². The number of carbonyl (C=O) groups is 2. The maximum Gasteiger partial charge on any atom is 0.262 e. The first kappa shape index (κ1) is 18.2. The van der Waals surface area contributed by atoms with Gasteiger partial charge in [0.25, 0.3) is 5.91 Å². The molecule has 0 aliphatic rings. The monoisotopic (exact) mass is 369 g/mol. The number of carbonyl (C=O) groups excluding carboxylic acids is 2. The van der Waals surface area contributed by atoms with Gasteiger partial charge < -0.3 is 15.6 Å². The molecule has 0 bridgehead atoms. The predicted molar refractivity (Wildman–Crippen MR) is 105 cm³/mol. The Kier molecular flexibility index (Phi) is 5.73. The summed E-state index contributed by atoms with van der Waals surface area (Å²) in [7, 11) is 0. The topological polar surface area (TPSA) is 74.0 Å². The Morgan fingerprint density at radius 3 is 2.69 bits per heavy atom. The summed E-state index contributed by atoms with van der Waals surface area (Å²) in [4.78, 5) is 28.7. The van der Waals surface area contributed by atoms with Crippen LogP contribution in [0.15, 0.2) is 48.0 Å². The van der Waals surface area contributed by atoms with E-state index in [9.17, 15) is 9.59 Å². The Labute approximate surface area is 156 Å². The van der Waals surface area contributed by atoms with E-state index >= 15 is 0 Å². The van der Waals surface area contributed by atoms with E-state index in [2.05, 4.69) is 21.7 Å². The number of hydrogen-bond donors (Lipinski definition) is 3. The Hall–Kier alpha value is -2.60. The second kappa shape index (κ2) is 8.19. The summed E-state index contributed by atoms with van der Waals surface area (Å²) in [6, 6.07) is 11.1. The number of benzene rings is 1. The molecule has 3 aromatic rings. The molecule has 0 saturated heterocycles. The van der Waals surface area contributed by atoms with Crippen LogP contribution in [0.5, 0.6) is 0 Å². The SMILES string of the molecule is CC(C)[C@H](NC(=O)c1cccs1)C(=O)NCCc1c[nH]c2ccccc12. The summed E-state index contributed by atoms with van der Waals surface area (Å²) in [6.45, 7) is 4.38. The molecule has 0 aliphatic carbocycles. The molecule has 6 heteroatoms. The normalized spacial score (nSPS) is 12.3. The zero-order chi connectivity index (χ0) is 18.5. The van der Waals surface area contributed by atoms with Crippen molar-refractivity contribution in [1.29, 1.82) is 0 Å². The Morgan fingerprint density at radius 2 is 1.96 bits per heavy atom. The molecule has 1 atom stereocenters. The van der Waals surface area contributed by atoms with Crippen LogP contribution in [0.2, 0.25) is 0 Å². The van der Waals surface area contributed by atoms with E-state index in [1.165, 1.54) is 22.3 Å². The van der Waals surface area contributed by atoms with Gasteiger partial charge in [-0.3, -0.25) is 9.59 Å². The maximum absolute atomic E-state index is 12.6. The number of rotatable bonds is 7. The van der Waals surface area contributed by atoms with Crippen molar-refractivity contribution in [3.05, 3.63) is 58.4 Å². The molecule has 0 radical (unpaired) electrons. The molecule has 0 unspecified atom stereocenters. The molecule has 0 fully saturated rings. The summed E-state index contributed by atoms with van der Waals surface area (Å²) in [5, 5.41) is 8.82. The van der Waals surface area contributed by atoms with Gasteiger partial charge in [0, 0.05) is 23.6 Å². The van der Waals surface area contributed by atoms with Crippen LogP contribution in [0.25, 0.3) is 10.9 Å². The molecule has 1 aromatic carbocycles. The lowest BCUT2D eigenvalue weighted by atomic mass is 10.0. The van der Waals surface area contributed by atoms with E-state index in [1.807, 2.05) is 49.7 Å². The Bertz CT molecular complexity index is 883. The summed E-state index contributed by atoms with van der Waals surface area (Å²) in [5.41, 5.74) is 2.27.